The average Bonchev–Trinajstić information content (AvgIpc) is 2.15. The Bertz CT molecular complexity index is 351. The molecule has 1 rings (SSSR count). The largest absolute Gasteiger partial charge is 0.648 e. The molecule has 0 bridgehead atoms. The first-order chi connectivity index (χ1) is 7.68. The van der Waals surface area contributed by atoms with Crippen molar-refractivity contribution < 1.29 is 3.79 Å². The van der Waals surface area contributed by atoms with E-state index in [2.05, 4.69) is 65.5 Å². The smallest absolute Gasteiger partial charge is 0.519 e. The fourth-order valence-corrected chi connectivity index (χ4v) is 2.45. The van der Waals surface area contributed by atoms with Crippen LogP contribution >= 0.6 is 0 Å². The lowest BCUT2D eigenvalue weighted by Gasteiger charge is -2.30. The van der Waals surface area contributed by atoms with Crippen molar-refractivity contribution in [2.75, 3.05) is 0 Å². The third-order valence-electron chi connectivity index (χ3n) is 2.87. The first-order valence-electron chi connectivity index (χ1n) is 6.26. The van der Waals surface area contributed by atoms with Crippen molar-refractivity contribution in [1.29, 1.82) is 0 Å². The summed E-state index contributed by atoms with van der Waals surface area (Å²) in [6.07, 6.45) is 0. The van der Waals surface area contributed by atoms with Crippen LogP contribution in [0.15, 0.2) is 18.2 Å². The number of benzene rings is 1. The van der Waals surface area contributed by atoms with Gasteiger partial charge in [0.05, 0.1) is 5.75 Å². The molecular weight excluding hydrogens is 223 g/mol. The molecule has 0 aliphatic rings. The molecule has 1 aromatic carbocycles. The van der Waals surface area contributed by atoms with Crippen molar-refractivity contribution in [2.45, 2.75) is 58.2 Å². The number of hydrogen-bond acceptors (Lipinski definition) is 1. The fraction of sp³-hybridized carbons (Fsp3) is 0.600. The SMILES string of the molecule is [CH3][Al][O]c1c(C(C)(C)C)cccc1C(C)(C)C. The molecule has 1 aromatic rings. The minimum Gasteiger partial charge on any atom is -0.648 e. The van der Waals surface area contributed by atoms with Gasteiger partial charge in [0.15, 0.2) is 0 Å². The van der Waals surface area contributed by atoms with Crippen molar-refractivity contribution >= 4 is 15.6 Å². The average molecular weight is 247 g/mol. The first kappa shape index (κ1) is 14.6. The maximum atomic E-state index is 6.00. The second-order valence-corrected chi connectivity index (χ2v) is 7.24. The molecule has 2 heteroatoms. The number of para-hydroxylation sites is 1. The molecule has 0 amide bonds. The van der Waals surface area contributed by atoms with Crippen LogP contribution in [0.1, 0.15) is 52.7 Å². The lowest BCUT2D eigenvalue weighted by molar-refractivity contribution is 0.495. The van der Waals surface area contributed by atoms with Crippen molar-refractivity contribution in [1.82, 2.24) is 0 Å². The third-order valence-corrected chi connectivity index (χ3v) is 3.34. The third kappa shape index (κ3) is 3.50. The zero-order valence-electron chi connectivity index (χ0n) is 12.2. The van der Waals surface area contributed by atoms with E-state index in [-0.39, 0.29) is 26.4 Å². The van der Waals surface area contributed by atoms with Crippen LogP contribution in [0.4, 0.5) is 0 Å². The van der Waals surface area contributed by atoms with E-state index in [0.29, 0.717) is 0 Å². The van der Waals surface area contributed by atoms with E-state index < -0.39 is 0 Å². The van der Waals surface area contributed by atoms with Crippen LogP contribution in [0.5, 0.6) is 5.75 Å². The summed E-state index contributed by atoms with van der Waals surface area (Å²) in [5.41, 5.74) is 2.90. The van der Waals surface area contributed by atoms with Crippen molar-refractivity contribution in [3.8, 4) is 5.75 Å². The van der Waals surface area contributed by atoms with E-state index in [1.165, 1.54) is 11.1 Å². The summed E-state index contributed by atoms with van der Waals surface area (Å²) < 4.78 is 6.00. The highest BCUT2D eigenvalue weighted by atomic mass is 27.1. The first-order valence-corrected chi connectivity index (χ1v) is 7.89. The van der Waals surface area contributed by atoms with Crippen LogP contribution < -0.4 is 3.79 Å². The topological polar surface area (TPSA) is 9.23 Å². The molecule has 0 saturated carbocycles. The van der Waals surface area contributed by atoms with Gasteiger partial charge in [-0.1, -0.05) is 65.5 Å². The van der Waals surface area contributed by atoms with E-state index in [0.717, 1.165) is 5.75 Å². The predicted octanol–water partition coefficient (Wildman–Crippen LogP) is 4.33. The molecule has 1 radical (unpaired) electrons. The second-order valence-electron chi connectivity index (χ2n) is 6.54. The minimum atomic E-state index is 0.0216. The van der Waals surface area contributed by atoms with Gasteiger partial charge in [0, 0.05) is 0 Å². The van der Waals surface area contributed by atoms with E-state index in [1.54, 1.807) is 0 Å². The van der Waals surface area contributed by atoms with E-state index >= 15 is 0 Å². The maximum absolute atomic E-state index is 6.00. The van der Waals surface area contributed by atoms with Gasteiger partial charge in [-0.15, -0.1) is 0 Å². The van der Waals surface area contributed by atoms with Gasteiger partial charge in [0.25, 0.3) is 0 Å². The predicted molar refractivity (Wildman–Crippen MR) is 76.1 cm³/mol. The van der Waals surface area contributed by atoms with Gasteiger partial charge in [-0.25, -0.2) is 0 Å². The fourth-order valence-electron chi connectivity index (χ4n) is 1.96. The Morgan fingerprint density at radius 1 is 0.882 bits per heavy atom. The molecule has 0 atom stereocenters. The van der Waals surface area contributed by atoms with Crippen LogP contribution in [0.3, 0.4) is 0 Å². The summed E-state index contributed by atoms with van der Waals surface area (Å²) in [4.78, 5) is 0. The van der Waals surface area contributed by atoms with Gasteiger partial charge >= 0.3 is 15.6 Å². The molecule has 0 heterocycles. The van der Waals surface area contributed by atoms with Crippen molar-refractivity contribution in [3.05, 3.63) is 29.3 Å². The molecule has 0 saturated heterocycles. The molecule has 17 heavy (non-hydrogen) atoms. The zero-order valence-corrected chi connectivity index (χ0v) is 13.4. The standard InChI is InChI=1S/C14H22O.CH3.Al/c1-13(2,3)10-8-7-9-11(12(10)15)14(4,5)6;;/h7-9,15H,1-6H3;1H3;/q;;+1/p-1. The lowest BCUT2D eigenvalue weighted by atomic mass is 9.80. The summed E-state index contributed by atoms with van der Waals surface area (Å²) in [7, 11) is 0. The summed E-state index contributed by atoms with van der Waals surface area (Å²) in [6.45, 7) is 13.5. The van der Waals surface area contributed by atoms with Gasteiger partial charge < -0.3 is 3.79 Å². The van der Waals surface area contributed by atoms with Crippen LogP contribution in [-0.4, -0.2) is 15.6 Å². The molecule has 1 nitrogen and oxygen atoms in total. The number of rotatable bonds is 2. The van der Waals surface area contributed by atoms with Crippen LogP contribution in [-0.2, 0) is 10.8 Å². The quantitative estimate of drug-likeness (QED) is 0.707. The Hall–Kier alpha value is -0.448. The lowest BCUT2D eigenvalue weighted by Crippen LogP contribution is -2.20. The van der Waals surface area contributed by atoms with Crippen LogP contribution in [0.25, 0.3) is 0 Å². The minimum absolute atomic E-state index is 0.0216. The van der Waals surface area contributed by atoms with E-state index in [4.69, 9.17) is 3.79 Å². The monoisotopic (exact) mass is 247 g/mol. The Morgan fingerprint density at radius 3 is 1.59 bits per heavy atom. The molecule has 0 aliphatic carbocycles. The summed E-state index contributed by atoms with van der Waals surface area (Å²) in [6, 6.07) is 6.54. The van der Waals surface area contributed by atoms with Crippen LogP contribution in [0.2, 0.25) is 5.79 Å². The molecule has 0 N–H and O–H groups in total. The van der Waals surface area contributed by atoms with Gasteiger partial charge in [-0.3, -0.25) is 0 Å². The van der Waals surface area contributed by atoms with Gasteiger partial charge in [0.2, 0.25) is 0 Å². The molecule has 0 unspecified atom stereocenters. The highest BCUT2D eigenvalue weighted by Gasteiger charge is 2.25. The summed E-state index contributed by atoms with van der Waals surface area (Å²) in [5, 5.41) is 0. The second kappa shape index (κ2) is 5.04. The van der Waals surface area contributed by atoms with Crippen LogP contribution in [0, 0.1) is 0 Å². The molecular formula is C15H24AlO. The molecule has 0 fully saturated rings. The molecule has 0 aromatic heterocycles. The van der Waals surface area contributed by atoms with Crippen molar-refractivity contribution in [3.63, 3.8) is 0 Å². The Balaban J connectivity index is 3.43. The molecule has 93 valence electrons. The van der Waals surface area contributed by atoms with Gasteiger partial charge in [-0.2, -0.15) is 0 Å². The Kier molecular flexibility index (Phi) is 4.34. The summed E-state index contributed by atoms with van der Waals surface area (Å²) >= 11 is 0.0216. The number of hydrogen-bond donors (Lipinski definition) is 0. The van der Waals surface area contributed by atoms with E-state index in [9.17, 15) is 0 Å². The summed E-state index contributed by atoms with van der Waals surface area (Å²) in [5.74, 6) is 3.25. The Labute approximate surface area is 113 Å². The van der Waals surface area contributed by atoms with E-state index in [1.807, 2.05) is 0 Å². The normalized spacial score (nSPS) is 12.4. The highest BCUT2D eigenvalue weighted by molar-refractivity contribution is 6.26. The zero-order chi connectivity index (χ0) is 13.3. The van der Waals surface area contributed by atoms with Gasteiger partial charge in [-0.05, 0) is 22.0 Å². The molecule has 0 spiro atoms. The molecule has 0 aliphatic heterocycles. The Morgan fingerprint density at radius 2 is 1.29 bits per heavy atom. The highest BCUT2D eigenvalue weighted by Crippen LogP contribution is 2.39. The van der Waals surface area contributed by atoms with Gasteiger partial charge in [0.1, 0.15) is 0 Å². The maximum Gasteiger partial charge on any atom is 0.519 e. The van der Waals surface area contributed by atoms with Crippen molar-refractivity contribution in [2.24, 2.45) is 0 Å².